The summed E-state index contributed by atoms with van der Waals surface area (Å²) < 4.78 is 14.3. The van der Waals surface area contributed by atoms with E-state index >= 15 is 0 Å². The van der Waals surface area contributed by atoms with Crippen molar-refractivity contribution in [2.24, 2.45) is 0 Å². The Labute approximate surface area is 131 Å². The lowest BCUT2D eigenvalue weighted by atomic mass is 10.0. The van der Waals surface area contributed by atoms with Crippen molar-refractivity contribution in [2.75, 3.05) is 5.73 Å². The Morgan fingerprint density at radius 3 is 2.39 bits per heavy atom. The summed E-state index contributed by atoms with van der Waals surface area (Å²) in [7, 11) is 0. The average molecular weight is 304 g/mol. The van der Waals surface area contributed by atoms with Crippen molar-refractivity contribution < 1.29 is 4.39 Å². The summed E-state index contributed by atoms with van der Waals surface area (Å²) >= 11 is 0. The highest BCUT2D eigenvalue weighted by Gasteiger charge is 2.17. The number of hydrogen-bond donors (Lipinski definition) is 2. The van der Waals surface area contributed by atoms with Crippen molar-refractivity contribution in [3.63, 3.8) is 0 Å². The van der Waals surface area contributed by atoms with Crippen LogP contribution in [0.3, 0.4) is 0 Å². The Balaban J connectivity index is 2.08. The summed E-state index contributed by atoms with van der Waals surface area (Å²) in [5, 5.41) is 0.760. The van der Waals surface area contributed by atoms with Crippen LogP contribution in [0.25, 0.3) is 33.4 Å². The SMILES string of the molecule is Nc1nc(-c2ccccc2F)c2c(-c3ccccc3)c[nH]c2n1. The molecule has 0 spiro atoms. The molecule has 0 atom stereocenters. The van der Waals surface area contributed by atoms with Gasteiger partial charge in [-0.1, -0.05) is 42.5 Å². The predicted octanol–water partition coefficient (Wildman–Crippen LogP) is 4.01. The van der Waals surface area contributed by atoms with Crippen molar-refractivity contribution in [3.8, 4) is 22.4 Å². The molecule has 3 N–H and O–H groups in total. The van der Waals surface area contributed by atoms with Gasteiger partial charge in [0.05, 0.1) is 11.1 Å². The molecule has 2 aromatic heterocycles. The number of rotatable bonds is 2. The van der Waals surface area contributed by atoms with Gasteiger partial charge in [-0.3, -0.25) is 0 Å². The van der Waals surface area contributed by atoms with Gasteiger partial charge < -0.3 is 10.7 Å². The lowest BCUT2D eigenvalue weighted by Crippen LogP contribution is -1.99. The molecule has 2 heterocycles. The molecule has 0 saturated heterocycles. The Kier molecular flexibility index (Phi) is 3.05. The fraction of sp³-hybridized carbons (Fsp3) is 0. The molecule has 0 radical (unpaired) electrons. The second-order valence-electron chi connectivity index (χ2n) is 5.20. The second-order valence-corrected chi connectivity index (χ2v) is 5.20. The highest BCUT2D eigenvalue weighted by molar-refractivity contribution is 6.03. The first-order valence-electron chi connectivity index (χ1n) is 7.19. The Morgan fingerprint density at radius 2 is 1.61 bits per heavy atom. The van der Waals surface area contributed by atoms with Crippen molar-refractivity contribution in [1.29, 1.82) is 0 Å². The van der Waals surface area contributed by atoms with Crippen LogP contribution < -0.4 is 5.73 Å². The maximum atomic E-state index is 14.3. The molecule has 0 aliphatic rings. The number of aromatic amines is 1. The molecule has 5 heteroatoms. The highest BCUT2D eigenvalue weighted by atomic mass is 19.1. The summed E-state index contributed by atoms with van der Waals surface area (Å²) in [6.45, 7) is 0. The second kappa shape index (κ2) is 5.21. The number of halogens is 1. The molecule has 0 saturated carbocycles. The molecule has 0 fully saturated rings. The molecule has 0 bridgehead atoms. The zero-order valence-corrected chi connectivity index (χ0v) is 12.1. The molecule has 0 unspecified atom stereocenters. The van der Waals surface area contributed by atoms with Gasteiger partial charge in [0.15, 0.2) is 0 Å². The van der Waals surface area contributed by atoms with Crippen LogP contribution in [0, 0.1) is 5.82 Å². The first-order chi connectivity index (χ1) is 11.2. The molecule has 23 heavy (non-hydrogen) atoms. The maximum Gasteiger partial charge on any atom is 0.222 e. The van der Waals surface area contributed by atoms with Crippen LogP contribution in [0.1, 0.15) is 0 Å². The number of benzene rings is 2. The van der Waals surface area contributed by atoms with Crippen LogP contribution in [0.2, 0.25) is 0 Å². The third-order valence-corrected chi connectivity index (χ3v) is 3.76. The summed E-state index contributed by atoms with van der Waals surface area (Å²) in [6.07, 6.45) is 1.85. The third kappa shape index (κ3) is 2.23. The van der Waals surface area contributed by atoms with Crippen molar-refractivity contribution in [1.82, 2.24) is 15.0 Å². The van der Waals surface area contributed by atoms with Gasteiger partial charge in [-0.25, -0.2) is 9.37 Å². The summed E-state index contributed by atoms with van der Waals surface area (Å²) in [4.78, 5) is 11.6. The molecule has 112 valence electrons. The lowest BCUT2D eigenvalue weighted by Gasteiger charge is -2.07. The summed E-state index contributed by atoms with van der Waals surface area (Å²) in [6, 6.07) is 16.4. The van der Waals surface area contributed by atoms with Crippen LogP contribution in [-0.2, 0) is 0 Å². The molecule has 4 aromatic rings. The zero-order valence-electron chi connectivity index (χ0n) is 12.1. The summed E-state index contributed by atoms with van der Waals surface area (Å²) in [5.74, 6) is -0.232. The maximum absolute atomic E-state index is 14.3. The number of aromatic nitrogens is 3. The quantitative estimate of drug-likeness (QED) is 0.588. The average Bonchev–Trinajstić information content (AvgIpc) is 2.99. The Bertz CT molecular complexity index is 993. The smallest absolute Gasteiger partial charge is 0.222 e. The van der Waals surface area contributed by atoms with Crippen molar-refractivity contribution in [2.45, 2.75) is 0 Å². The van der Waals surface area contributed by atoms with Gasteiger partial charge in [0.25, 0.3) is 0 Å². The van der Waals surface area contributed by atoms with Crippen LogP contribution >= 0.6 is 0 Å². The van der Waals surface area contributed by atoms with E-state index in [0.717, 1.165) is 16.5 Å². The molecule has 4 nitrogen and oxygen atoms in total. The largest absolute Gasteiger partial charge is 0.368 e. The van der Waals surface area contributed by atoms with E-state index in [1.807, 2.05) is 36.5 Å². The molecular formula is C18H13FN4. The Hall–Kier alpha value is -3.21. The van der Waals surface area contributed by atoms with Crippen molar-refractivity contribution >= 4 is 17.0 Å². The van der Waals surface area contributed by atoms with Crippen LogP contribution in [0.15, 0.2) is 60.8 Å². The van der Waals surface area contributed by atoms with E-state index in [9.17, 15) is 4.39 Å². The van der Waals surface area contributed by atoms with Gasteiger partial charge in [0.1, 0.15) is 11.5 Å². The van der Waals surface area contributed by atoms with E-state index in [1.165, 1.54) is 6.07 Å². The molecular weight excluding hydrogens is 291 g/mol. The Morgan fingerprint density at radius 1 is 0.870 bits per heavy atom. The molecule has 0 amide bonds. The fourth-order valence-electron chi connectivity index (χ4n) is 2.74. The number of nitrogens with one attached hydrogen (secondary N) is 1. The zero-order chi connectivity index (χ0) is 15.8. The van der Waals surface area contributed by atoms with E-state index < -0.39 is 0 Å². The van der Waals surface area contributed by atoms with Gasteiger partial charge >= 0.3 is 0 Å². The highest BCUT2D eigenvalue weighted by Crippen LogP contribution is 2.35. The minimum atomic E-state index is -0.341. The number of nitrogens with zero attached hydrogens (tertiary/aromatic N) is 2. The van der Waals surface area contributed by atoms with Gasteiger partial charge in [-0.15, -0.1) is 0 Å². The molecule has 2 aromatic carbocycles. The molecule has 4 rings (SSSR count). The summed E-state index contributed by atoms with van der Waals surface area (Å²) in [5.41, 5.74) is 9.20. The first kappa shape index (κ1) is 13.5. The van der Waals surface area contributed by atoms with E-state index in [2.05, 4.69) is 15.0 Å². The van der Waals surface area contributed by atoms with E-state index in [4.69, 9.17) is 5.73 Å². The number of nitrogens with two attached hydrogens (primary N) is 1. The number of nitrogen functional groups attached to an aromatic ring is 1. The van der Waals surface area contributed by atoms with Crippen molar-refractivity contribution in [3.05, 3.63) is 66.6 Å². The monoisotopic (exact) mass is 304 g/mol. The number of anilines is 1. The molecule has 0 aliphatic carbocycles. The minimum absolute atomic E-state index is 0.109. The predicted molar refractivity (Wildman–Crippen MR) is 89.1 cm³/mol. The fourth-order valence-corrected chi connectivity index (χ4v) is 2.74. The topological polar surface area (TPSA) is 67.6 Å². The van der Waals surface area contributed by atoms with Gasteiger partial charge in [-0.2, -0.15) is 4.98 Å². The van der Waals surface area contributed by atoms with Crippen LogP contribution in [0.4, 0.5) is 10.3 Å². The lowest BCUT2D eigenvalue weighted by molar-refractivity contribution is 0.631. The van der Waals surface area contributed by atoms with Crippen LogP contribution in [0.5, 0.6) is 0 Å². The van der Waals surface area contributed by atoms with Gasteiger partial charge in [-0.05, 0) is 17.7 Å². The van der Waals surface area contributed by atoms with Crippen LogP contribution in [-0.4, -0.2) is 15.0 Å². The van der Waals surface area contributed by atoms with E-state index in [-0.39, 0.29) is 11.8 Å². The number of fused-ring (bicyclic) bond motifs is 1. The van der Waals surface area contributed by atoms with E-state index in [1.54, 1.807) is 18.2 Å². The first-order valence-corrected chi connectivity index (χ1v) is 7.19. The number of hydrogen-bond acceptors (Lipinski definition) is 3. The van der Waals surface area contributed by atoms with Gasteiger partial charge in [0.2, 0.25) is 5.95 Å². The standard InChI is InChI=1S/C18H13FN4/c19-14-9-5-4-8-12(14)16-15-13(11-6-2-1-3-7-11)10-21-17(15)23-18(20)22-16/h1-10H,(H3,20,21,22,23). The third-order valence-electron chi connectivity index (χ3n) is 3.76. The van der Waals surface area contributed by atoms with E-state index in [0.29, 0.717) is 16.9 Å². The molecule has 0 aliphatic heterocycles. The van der Waals surface area contributed by atoms with Gasteiger partial charge in [0, 0.05) is 17.3 Å². The number of H-pyrrole nitrogens is 1. The minimum Gasteiger partial charge on any atom is -0.368 e. The normalized spacial score (nSPS) is 11.0.